The molecule has 0 aliphatic rings. The van der Waals surface area contributed by atoms with Crippen molar-refractivity contribution < 1.29 is 4.52 Å². The van der Waals surface area contributed by atoms with Crippen LogP contribution in [0.15, 0.2) is 22.3 Å². The third-order valence-corrected chi connectivity index (χ3v) is 3.06. The van der Waals surface area contributed by atoms with Crippen LogP contribution in [0.25, 0.3) is 0 Å². The highest BCUT2D eigenvalue weighted by atomic mass is 32.2. The third kappa shape index (κ3) is 2.73. The number of thioether (sulfide) groups is 1. The van der Waals surface area contributed by atoms with Crippen LogP contribution in [-0.4, -0.2) is 24.9 Å². The summed E-state index contributed by atoms with van der Waals surface area (Å²) in [7, 11) is 0. The average molecular weight is 251 g/mol. The Bertz CT molecular complexity index is 518. The van der Waals surface area contributed by atoms with Gasteiger partial charge in [-0.1, -0.05) is 23.0 Å². The molecule has 0 N–H and O–H groups in total. The molecule has 0 unspecified atom stereocenters. The summed E-state index contributed by atoms with van der Waals surface area (Å²) in [6, 6.07) is 0. The van der Waals surface area contributed by atoms with Crippen LogP contribution in [0.3, 0.4) is 0 Å². The second-order valence-corrected chi connectivity index (χ2v) is 4.40. The molecule has 0 aliphatic carbocycles. The third-order valence-electron chi connectivity index (χ3n) is 2.11. The van der Waals surface area contributed by atoms with Gasteiger partial charge in [-0.25, -0.2) is 0 Å². The molecule has 17 heavy (non-hydrogen) atoms. The van der Waals surface area contributed by atoms with E-state index in [-0.39, 0.29) is 0 Å². The Morgan fingerprint density at radius 2 is 2.24 bits per heavy atom. The van der Waals surface area contributed by atoms with Gasteiger partial charge in [-0.05, 0) is 13.8 Å². The Hall–Kier alpha value is -1.63. The van der Waals surface area contributed by atoms with Crippen molar-refractivity contribution in [1.29, 1.82) is 0 Å². The summed E-state index contributed by atoms with van der Waals surface area (Å²) in [4.78, 5) is 4.13. The van der Waals surface area contributed by atoms with Crippen LogP contribution in [-0.2, 0) is 12.3 Å². The van der Waals surface area contributed by atoms with Crippen molar-refractivity contribution in [2.45, 2.75) is 31.3 Å². The Morgan fingerprint density at radius 1 is 1.41 bits per heavy atom. The smallest absolute Gasteiger partial charge is 0.237 e. The van der Waals surface area contributed by atoms with Crippen molar-refractivity contribution in [2.24, 2.45) is 0 Å². The lowest BCUT2D eigenvalue weighted by Gasteiger charge is -2.03. The molecule has 6 nitrogen and oxygen atoms in total. The lowest BCUT2D eigenvalue weighted by molar-refractivity contribution is 0.387. The van der Waals surface area contributed by atoms with Gasteiger partial charge in [-0.15, -0.1) is 16.8 Å². The van der Waals surface area contributed by atoms with E-state index >= 15 is 0 Å². The van der Waals surface area contributed by atoms with E-state index in [0.29, 0.717) is 24.0 Å². The van der Waals surface area contributed by atoms with E-state index in [1.165, 1.54) is 11.8 Å². The maximum Gasteiger partial charge on any atom is 0.237 e. The van der Waals surface area contributed by atoms with E-state index in [4.69, 9.17) is 4.52 Å². The van der Waals surface area contributed by atoms with E-state index in [0.717, 1.165) is 11.0 Å². The van der Waals surface area contributed by atoms with Crippen molar-refractivity contribution in [3.8, 4) is 0 Å². The van der Waals surface area contributed by atoms with Gasteiger partial charge in [0.25, 0.3) is 0 Å². The number of allylic oxidation sites excluding steroid dienone is 1. The Morgan fingerprint density at radius 3 is 2.88 bits per heavy atom. The first-order valence-electron chi connectivity index (χ1n) is 5.13. The number of aryl methyl sites for hydroxylation is 2. The first-order chi connectivity index (χ1) is 8.20. The fourth-order valence-corrected chi connectivity index (χ4v) is 2.16. The topological polar surface area (TPSA) is 69.6 Å². The number of rotatable bonds is 5. The van der Waals surface area contributed by atoms with Gasteiger partial charge < -0.3 is 9.09 Å². The van der Waals surface area contributed by atoms with E-state index in [1.807, 2.05) is 17.6 Å². The first-order valence-corrected chi connectivity index (χ1v) is 6.12. The minimum atomic E-state index is 0.593. The van der Waals surface area contributed by atoms with Crippen LogP contribution in [0.5, 0.6) is 0 Å². The van der Waals surface area contributed by atoms with Gasteiger partial charge in [-0.2, -0.15) is 4.98 Å². The zero-order valence-corrected chi connectivity index (χ0v) is 10.6. The molecule has 2 rings (SSSR count). The SMILES string of the molecule is C=CCn1c(C)nnc1SCc1nc(C)no1. The van der Waals surface area contributed by atoms with E-state index in [1.54, 1.807) is 6.92 Å². The highest BCUT2D eigenvalue weighted by Gasteiger charge is 2.10. The Balaban J connectivity index is 2.06. The van der Waals surface area contributed by atoms with Crippen LogP contribution in [0.4, 0.5) is 0 Å². The predicted octanol–water partition coefficient (Wildman–Crippen LogP) is 1.76. The maximum absolute atomic E-state index is 5.03. The van der Waals surface area contributed by atoms with Gasteiger partial charge in [-0.3, -0.25) is 0 Å². The van der Waals surface area contributed by atoms with E-state index < -0.39 is 0 Å². The molecule has 0 amide bonds. The summed E-state index contributed by atoms with van der Waals surface area (Å²) < 4.78 is 7.02. The van der Waals surface area contributed by atoms with Crippen molar-refractivity contribution in [3.63, 3.8) is 0 Å². The molecule has 0 radical (unpaired) electrons. The van der Waals surface area contributed by atoms with E-state index in [9.17, 15) is 0 Å². The fraction of sp³-hybridized carbons (Fsp3) is 0.400. The quantitative estimate of drug-likeness (QED) is 0.595. The number of hydrogen-bond donors (Lipinski definition) is 0. The monoisotopic (exact) mass is 251 g/mol. The zero-order valence-electron chi connectivity index (χ0n) is 9.75. The minimum Gasteiger partial charge on any atom is -0.338 e. The van der Waals surface area contributed by atoms with Crippen LogP contribution in [0, 0.1) is 13.8 Å². The number of aromatic nitrogens is 5. The summed E-state index contributed by atoms with van der Waals surface area (Å²) >= 11 is 1.52. The number of nitrogens with zero attached hydrogens (tertiary/aromatic N) is 5. The lowest BCUT2D eigenvalue weighted by atomic mass is 10.6. The molecular weight excluding hydrogens is 238 g/mol. The molecule has 0 spiro atoms. The summed E-state index contributed by atoms with van der Waals surface area (Å²) in [5.41, 5.74) is 0. The molecule has 2 aromatic rings. The highest BCUT2D eigenvalue weighted by Crippen LogP contribution is 2.20. The van der Waals surface area contributed by atoms with Gasteiger partial charge in [0, 0.05) is 6.54 Å². The minimum absolute atomic E-state index is 0.593. The van der Waals surface area contributed by atoms with Crippen LogP contribution < -0.4 is 0 Å². The first kappa shape index (κ1) is 11.8. The molecule has 0 atom stereocenters. The largest absolute Gasteiger partial charge is 0.338 e. The lowest BCUT2D eigenvalue weighted by Crippen LogP contribution is -2.00. The van der Waals surface area contributed by atoms with Gasteiger partial charge in [0.05, 0.1) is 5.75 Å². The standard InChI is InChI=1S/C10H13N5OS/c1-4-5-15-8(3)12-13-10(15)17-6-9-11-7(2)14-16-9/h4H,1,5-6H2,2-3H3. The molecular formula is C10H13N5OS. The number of hydrogen-bond acceptors (Lipinski definition) is 6. The maximum atomic E-state index is 5.03. The molecule has 0 saturated carbocycles. The molecule has 0 aromatic carbocycles. The normalized spacial score (nSPS) is 10.7. The Labute approximate surface area is 103 Å². The van der Waals surface area contributed by atoms with Crippen molar-refractivity contribution in [2.75, 3.05) is 0 Å². The van der Waals surface area contributed by atoms with Crippen molar-refractivity contribution >= 4 is 11.8 Å². The van der Waals surface area contributed by atoms with Crippen LogP contribution in [0.2, 0.25) is 0 Å². The molecule has 90 valence electrons. The fourth-order valence-electron chi connectivity index (χ4n) is 1.33. The second-order valence-electron chi connectivity index (χ2n) is 3.45. The van der Waals surface area contributed by atoms with E-state index in [2.05, 4.69) is 26.9 Å². The Kier molecular flexibility index (Phi) is 3.58. The van der Waals surface area contributed by atoms with Crippen LogP contribution >= 0.6 is 11.8 Å². The zero-order chi connectivity index (χ0) is 12.3. The molecule has 0 aliphatic heterocycles. The molecule has 0 saturated heterocycles. The molecule has 2 heterocycles. The highest BCUT2D eigenvalue weighted by molar-refractivity contribution is 7.98. The van der Waals surface area contributed by atoms with Gasteiger partial charge in [0.2, 0.25) is 5.89 Å². The van der Waals surface area contributed by atoms with Gasteiger partial charge in [0.1, 0.15) is 5.82 Å². The summed E-state index contributed by atoms with van der Waals surface area (Å²) in [6.45, 7) is 8.12. The summed E-state index contributed by atoms with van der Waals surface area (Å²) in [5, 5.41) is 12.7. The van der Waals surface area contributed by atoms with Gasteiger partial charge in [0.15, 0.2) is 11.0 Å². The molecule has 0 fully saturated rings. The molecule has 7 heteroatoms. The average Bonchev–Trinajstić information content (AvgIpc) is 2.86. The van der Waals surface area contributed by atoms with Crippen molar-refractivity contribution in [1.82, 2.24) is 24.9 Å². The van der Waals surface area contributed by atoms with Crippen molar-refractivity contribution in [3.05, 3.63) is 30.2 Å². The van der Waals surface area contributed by atoms with Crippen LogP contribution in [0.1, 0.15) is 17.5 Å². The second kappa shape index (κ2) is 5.13. The molecule has 2 aromatic heterocycles. The summed E-state index contributed by atoms with van der Waals surface area (Å²) in [5.74, 6) is 2.70. The molecule has 0 bridgehead atoms. The van der Waals surface area contributed by atoms with Gasteiger partial charge >= 0.3 is 0 Å². The summed E-state index contributed by atoms with van der Waals surface area (Å²) in [6.07, 6.45) is 1.82. The predicted molar refractivity (Wildman–Crippen MR) is 63.6 cm³/mol.